The first-order valence-corrected chi connectivity index (χ1v) is 11.0. The second kappa shape index (κ2) is 10.4. The second-order valence-corrected chi connectivity index (χ2v) is 8.10. The quantitative estimate of drug-likeness (QED) is 0.273. The van der Waals surface area contributed by atoms with Crippen molar-refractivity contribution >= 4 is 16.7 Å². The van der Waals surface area contributed by atoms with Crippen molar-refractivity contribution in [2.75, 3.05) is 0 Å². The van der Waals surface area contributed by atoms with E-state index in [0.29, 0.717) is 6.54 Å². The standard InChI is InChI=1S/C29H25N2O.BrH/c32-29(25-14-12-24(13-15-25)23-6-2-1-3-7-23)21-31-18-16-22(17-19-31)10-11-26-20-30-28-9-5-4-8-27(26)28;/h1-9,12-20,30H,10-11,21H2;1H/q+1;/p-1. The molecule has 0 bridgehead atoms. The molecule has 5 aromatic rings. The number of H-pyrrole nitrogens is 1. The van der Waals surface area contributed by atoms with Gasteiger partial charge in [-0.05, 0) is 41.2 Å². The lowest BCUT2D eigenvalue weighted by Gasteiger charge is -2.04. The van der Waals surface area contributed by atoms with Crippen molar-refractivity contribution in [2.24, 2.45) is 0 Å². The van der Waals surface area contributed by atoms with E-state index in [1.807, 2.05) is 59.4 Å². The minimum absolute atomic E-state index is 0. The Morgan fingerprint density at radius 2 is 1.39 bits per heavy atom. The van der Waals surface area contributed by atoms with E-state index in [9.17, 15) is 4.79 Å². The fourth-order valence-corrected chi connectivity index (χ4v) is 4.11. The number of rotatable bonds is 7. The maximum Gasteiger partial charge on any atom is 0.227 e. The monoisotopic (exact) mass is 496 g/mol. The number of pyridine rings is 1. The minimum atomic E-state index is 0. The fraction of sp³-hybridized carbons (Fsp3) is 0.103. The smallest absolute Gasteiger partial charge is 0.227 e. The summed E-state index contributed by atoms with van der Waals surface area (Å²) in [6, 6.07) is 30.7. The topological polar surface area (TPSA) is 36.7 Å². The van der Waals surface area contributed by atoms with Crippen molar-refractivity contribution in [1.82, 2.24) is 4.98 Å². The van der Waals surface area contributed by atoms with Crippen molar-refractivity contribution in [1.29, 1.82) is 0 Å². The summed E-state index contributed by atoms with van der Waals surface area (Å²) in [6.45, 7) is 0.341. The van der Waals surface area contributed by atoms with Crippen LogP contribution >= 0.6 is 0 Å². The van der Waals surface area contributed by atoms with Gasteiger partial charge in [-0.2, -0.15) is 4.57 Å². The van der Waals surface area contributed by atoms with Crippen molar-refractivity contribution < 1.29 is 26.3 Å². The zero-order chi connectivity index (χ0) is 21.8. The van der Waals surface area contributed by atoms with Gasteiger partial charge in [0.2, 0.25) is 12.3 Å². The van der Waals surface area contributed by atoms with Crippen LogP contribution in [0.5, 0.6) is 0 Å². The van der Waals surface area contributed by atoms with Crippen molar-refractivity contribution in [3.8, 4) is 11.1 Å². The Hall–Kier alpha value is -3.50. The van der Waals surface area contributed by atoms with E-state index in [-0.39, 0.29) is 22.8 Å². The number of Topliss-reactive ketones (excluding diaryl/α,β-unsaturated/α-hetero) is 1. The number of carbonyl (C=O) groups is 1. The molecule has 2 aromatic heterocycles. The Balaban J connectivity index is 0.00000259. The van der Waals surface area contributed by atoms with E-state index in [2.05, 4.69) is 59.7 Å². The normalized spacial score (nSPS) is 10.7. The first-order chi connectivity index (χ1) is 15.8. The fourth-order valence-electron chi connectivity index (χ4n) is 4.11. The largest absolute Gasteiger partial charge is 1.00 e. The third-order valence-electron chi connectivity index (χ3n) is 5.96. The highest BCUT2D eigenvalue weighted by atomic mass is 79.9. The van der Waals surface area contributed by atoms with E-state index in [1.54, 1.807) is 0 Å². The Labute approximate surface area is 204 Å². The van der Waals surface area contributed by atoms with Gasteiger partial charge >= 0.3 is 0 Å². The molecule has 4 heteroatoms. The van der Waals surface area contributed by atoms with Gasteiger partial charge in [-0.1, -0.05) is 72.8 Å². The molecule has 0 aliphatic heterocycles. The first kappa shape index (κ1) is 22.7. The van der Waals surface area contributed by atoms with Gasteiger partial charge in [0.25, 0.3) is 0 Å². The van der Waals surface area contributed by atoms with Gasteiger partial charge in [0.15, 0.2) is 12.4 Å². The van der Waals surface area contributed by atoms with Crippen LogP contribution in [0.3, 0.4) is 0 Å². The molecule has 0 amide bonds. The van der Waals surface area contributed by atoms with E-state index in [0.717, 1.165) is 29.5 Å². The number of aromatic nitrogens is 2. The molecule has 0 aliphatic carbocycles. The van der Waals surface area contributed by atoms with Crippen LogP contribution in [-0.2, 0) is 19.4 Å². The number of ketones is 1. The van der Waals surface area contributed by atoms with Crippen LogP contribution in [0.4, 0.5) is 0 Å². The molecule has 0 aliphatic rings. The zero-order valence-corrected chi connectivity index (χ0v) is 19.8. The summed E-state index contributed by atoms with van der Waals surface area (Å²) in [7, 11) is 0. The number of fused-ring (bicyclic) bond motifs is 1. The number of aryl methyl sites for hydroxylation is 2. The Morgan fingerprint density at radius 1 is 0.727 bits per heavy atom. The number of para-hydroxylation sites is 1. The van der Waals surface area contributed by atoms with Crippen molar-refractivity contribution in [2.45, 2.75) is 19.4 Å². The first-order valence-electron chi connectivity index (χ1n) is 11.0. The highest BCUT2D eigenvalue weighted by Gasteiger charge is 2.12. The molecule has 1 N–H and O–H groups in total. The van der Waals surface area contributed by atoms with Crippen LogP contribution in [-0.4, -0.2) is 10.8 Å². The highest BCUT2D eigenvalue weighted by Crippen LogP contribution is 2.20. The maximum absolute atomic E-state index is 12.7. The number of aromatic amines is 1. The molecule has 3 nitrogen and oxygen atoms in total. The molecule has 0 saturated carbocycles. The molecule has 0 spiro atoms. The molecule has 0 saturated heterocycles. The minimum Gasteiger partial charge on any atom is -1.00 e. The van der Waals surface area contributed by atoms with Gasteiger partial charge in [0.05, 0.1) is 0 Å². The van der Waals surface area contributed by atoms with Gasteiger partial charge in [0, 0.05) is 34.8 Å². The molecular formula is C29H25BrN2O. The molecule has 164 valence electrons. The summed E-state index contributed by atoms with van der Waals surface area (Å²) in [6.07, 6.45) is 8.06. The highest BCUT2D eigenvalue weighted by molar-refractivity contribution is 5.95. The number of halogens is 1. The third-order valence-corrected chi connectivity index (χ3v) is 5.96. The van der Waals surface area contributed by atoms with Crippen molar-refractivity contribution in [3.63, 3.8) is 0 Å². The molecule has 0 fully saturated rings. The summed E-state index contributed by atoms with van der Waals surface area (Å²) in [5.41, 5.74) is 6.81. The number of nitrogens with one attached hydrogen (secondary N) is 1. The van der Waals surface area contributed by atoms with E-state index >= 15 is 0 Å². The summed E-state index contributed by atoms with van der Waals surface area (Å²) in [5, 5.41) is 1.29. The molecule has 0 atom stereocenters. The third kappa shape index (κ3) is 5.29. The molecule has 3 aromatic carbocycles. The van der Waals surface area contributed by atoms with Crippen molar-refractivity contribution in [3.05, 3.63) is 126 Å². The van der Waals surface area contributed by atoms with Gasteiger partial charge in [-0.25, -0.2) is 0 Å². The van der Waals surface area contributed by atoms with Crippen LogP contribution < -0.4 is 21.5 Å². The molecule has 0 unspecified atom stereocenters. The van der Waals surface area contributed by atoms with Gasteiger partial charge < -0.3 is 22.0 Å². The predicted octanol–water partition coefficient (Wildman–Crippen LogP) is 2.79. The average molecular weight is 497 g/mol. The lowest BCUT2D eigenvalue weighted by molar-refractivity contribution is -0.683. The van der Waals surface area contributed by atoms with E-state index < -0.39 is 0 Å². The Morgan fingerprint density at radius 3 is 2.15 bits per heavy atom. The van der Waals surface area contributed by atoms with Crippen LogP contribution in [0.25, 0.3) is 22.0 Å². The van der Waals surface area contributed by atoms with E-state index in [1.165, 1.54) is 22.0 Å². The van der Waals surface area contributed by atoms with Gasteiger partial charge in [-0.15, -0.1) is 0 Å². The molecule has 5 rings (SSSR count). The van der Waals surface area contributed by atoms with Crippen LogP contribution in [0.2, 0.25) is 0 Å². The average Bonchev–Trinajstić information content (AvgIpc) is 3.27. The number of benzene rings is 3. The second-order valence-electron chi connectivity index (χ2n) is 8.10. The summed E-state index contributed by atoms with van der Waals surface area (Å²) in [4.78, 5) is 16.1. The molecular weight excluding hydrogens is 472 g/mol. The molecule has 0 radical (unpaired) electrons. The molecule has 33 heavy (non-hydrogen) atoms. The molecule has 2 heterocycles. The van der Waals surface area contributed by atoms with Gasteiger partial charge in [0.1, 0.15) is 0 Å². The van der Waals surface area contributed by atoms with Gasteiger partial charge in [-0.3, -0.25) is 4.79 Å². The predicted molar refractivity (Wildman–Crippen MR) is 129 cm³/mol. The number of nitrogens with zero attached hydrogens (tertiary/aromatic N) is 1. The summed E-state index contributed by atoms with van der Waals surface area (Å²) < 4.78 is 1.95. The number of hydrogen-bond donors (Lipinski definition) is 1. The lowest BCUT2D eigenvalue weighted by Crippen LogP contribution is -3.00. The van der Waals surface area contributed by atoms with Crippen LogP contribution in [0.1, 0.15) is 21.5 Å². The van der Waals surface area contributed by atoms with Crippen LogP contribution in [0, 0.1) is 0 Å². The summed E-state index contributed by atoms with van der Waals surface area (Å²) in [5.74, 6) is 0.112. The van der Waals surface area contributed by atoms with E-state index in [4.69, 9.17) is 0 Å². The lowest BCUT2D eigenvalue weighted by atomic mass is 10.0. The summed E-state index contributed by atoms with van der Waals surface area (Å²) >= 11 is 0. The number of carbonyl (C=O) groups excluding carboxylic acids is 1. The Bertz CT molecular complexity index is 1340. The maximum atomic E-state index is 12.7. The SMILES string of the molecule is O=C(C[n+]1ccc(CCc2c[nH]c3ccccc23)cc1)c1ccc(-c2ccccc2)cc1.[Br-]. The Kier molecular flexibility index (Phi) is 7.16. The number of hydrogen-bond acceptors (Lipinski definition) is 1. The van der Waals surface area contributed by atoms with Crippen LogP contribution in [0.15, 0.2) is 110 Å². The zero-order valence-electron chi connectivity index (χ0n) is 18.2.